The van der Waals surface area contributed by atoms with E-state index >= 15 is 0 Å². The van der Waals surface area contributed by atoms with Crippen molar-refractivity contribution in [3.63, 3.8) is 0 Å². The number of unbranched alkanes of at least 4 members (excludes halogenated alkanes) is 1. The van der Waals surface area contributed by atoms with Gasteiger partial charge in [0.25, 0.3) is 0 Å². The van der Waals surface area contributed by atoms with E-state index in [2.05, 4.69) is 30.1 Å². The first kappa shape index (κ1) is 26.0. The lowest BCUT2D eigenvalue weighted by Gasteiger charge is -2.25. The molecule has 1 spiro atoms. The van der Waals surface area contributed by atoms with Crippen molar-refractivity contribution >= 4 is 40.5 Å². The van der Waals surface area contributed by atoms with Gasteiger partial charge >= 0.3 is 0 Å². The number of carbonyl (C=O) groups excluding carboxylic acids is 2. The summed E-state index contributed by atoms with van der Waals surface area (Å²) in [6.07, 6.45) is 10.5. The van der Waals surface area contributed by atoms with Crippen molar-refractivity contribution in [3.05, 3.63) is 57.6 Å². The number of carbonyl (C=O) groups is 2. The van der Waals surface area contributed by atoms with Crippen LogP contribution in [0.1, 0.15) is 57.9 Å². The van der Waals surface area contributed by atoms with Gasteiger partial charge in [-0.15, -0.1) is 0 Å². The normalized spacial score (nSPS) is 21.3. The summed E-state index contributed by atoms with van der Waals surface area (Å²) >= 11 is 12.8. The van der Waals surface area contributed by atoms with Gasteiger partial charge in [-0.05, 0) is 86.7 Å². The molecular formula is C28H34Cl2N2O3. The van der Waals surface area contributed by atoms with E-state index in [4.69, 9.17) is 27.9 Å². The SMILES string of the molecule is CCN(CC)CCCCOc1ccc(C(=CC2CCC(=O)N2)C2=CC=C(Cl)C(=O)C23CC3)cc1Cl. The summed E-state index contributed by atoms with van der Waals surface area (Å²) in [5.41, 5.74) is 2.22. The molecule has 1 aliphatic heterocycles. The van der Waals surface area contributed by atoms with E-state index in [0.717, 1.165) is 68.4 Å². The first-order valence-corrected chi connectivity index (χ1v) is 13.4. The molecule has 0 radical (unpaired) electrons. The minimum Gasteiger partial charge on any atom is -0.492 e. The maximum Gasteiger partial charge on any atom is 0.220 e. The number of amides is 1. The molecule has 1 atom stereocenters. The Morgan fingerprint density at radius 3 is 2.57 bits per heavy atom. The van der Waals surface area contributed by atoms with Gasteiger partial charge in [0.1, 0.15) is 5.75 Å². The van der Waals surface area contributed by atoms with Gasteiger partial charge in [0.15, 0.2) is 5.78 Å². The number of ether oxygens (including phenoxy) is 1. The highest BCUT2D eigenvalue weighted by Crippen LogP contribution is 2.59. The molecule has 1 aromatic rings. The van der Waals surface area contributed by atoms with Crippen LogP contribution in [0.3, 0.4) is 0 Å². The number of Topliss-reactive ketones (excluding diaryl/α,β-unsaturated/α-hetero) is 1. The first-order chi connectivity index (χ1) is 16.9. The smallest absolute Gasteiger partial charge is 0.220 e. The van der Waals surface area contributed by atoms with Crippen LogP contribution in [0.5, 0.6) is 5.75 Å². The van der Waals surface area contributed by atoms with Crippen LogP contribution in [0.25, 0.3) is 5.57 Å². The van der Waals surface area contributed by atoms with Crippen LogP contribution in [0, 0.1) is 5.41 Å². The monoisotopic (exact) mass is 516 g/mol. The van der Waals surface area contributed by atoms with Crippen LogP contribution >= 0.6 is 23.2 Å². The van der Waals surface area contributed by atoms with Gasteiger partial charge in [-0.25, -0.2) is 0 Å². The zero-order valence-corrected chi connectivity index (χ0v) is 22.1. The number of hydrogen-bond donors (Lipinski definition) is 1. The Kier molecular flexibility index (Phi) is 8.41. The molecule has 1 amide bonds. The zero-order chi connectivity index (χ0) is 25.0. The number of rotatable bonds is 11. The third-order valence-electron chi connectivity index (χ3n) is 7.26. The number of allylic oxidation sites excluding steroid dienone is 5. The highest BCUT2D eigenvalue weighted by Gasteiger charge is 2.55. The van der Waals surface area contributed by atoms with E-state index in [1.807, 2.05) is 24.3 Å². The molecule has 0 aromatic heterocycles. The van der Waals surface area contributed by atoms with Crippen molar-refractivity contribution in [2.45, 2.75) is 58.4 Å². The summed E-state index contributed by atoms with van der Waals surface area (Å²) in [5.74, 6) is 0.685. The Morgan fingerprint density at radius 2 is 1.94 bits per heavy atom. The second-order valence-corrected chi connectivity index (χ2v) is 10.3. The van der Waals surface area contributed by atoms with Gasteiger partial charge in [-0.1, -0.05) is 55.3 Å². The molecule has 188 valence electrons. The summed E-state index contributed by atoms with van der Waals surface area (Å²) in [6, 6.07) is 5.71. The lowest BCUT2D eigenvalue weighted by molar-refractivity contribution is -0.119. The van der Waals surface area contributed by atoms with Crippen LogP contribution in [-0.2, 0) is 9.59 Å². The number of nitrogens with zero attached hydrogens (tertiary/aromatic N) is 1. The summed E-state index contributed by atoms with van der Waals surface area (Å²) in [6.45, 7) is 8.18. The minimum absolute atomic E-state index is 0.0196. The Morgan fingerprint density at radius 1 is 1.17 bits per heavy atom. The second-order valence-electron chi connectivity index (χ2n) is 9.53. The topological polar surface area (TPSA) is 58.6 Å². The first-order valence-electron chi connectivity index (χ1n) is 12.7. The van der Waals surface area contributed by atoms with E-state index in [1.165, 1.54) is 0 Å². The van der Waals surface area contributed by atoms with E-state index in [0.29, 0.717) is 23.8 Å². The Labute approximate surface area is 218 Å². The van der Waals surface area contributed by atoms with Crippen LogP contribution in [0.2, 0.25) is 5.02 Å². The molecular weight excluding hydrogens is 483 g/mol. The van der Waals surface area contributed by atoms with Crippen LogP contribution < -0.4 is 10.1 Å². The number of benzene rings is 1. The molecule has 4 rings (SSSR count). The molecule has 5 nitrogen and oxygen atoms in total. The average molecular weight is 517 g/mol. The summed E-state index contributed by atoms with van der Waals surface area (Å²) in [4.78, 5) is 27.2. The molecule has 1 saturated heterocycles. The fourth-order valence-corrected chi connectivity index (χ4v) is 5.44. The molecule has 7 heteroatoms. The molecule has 1 unspecified atom stereocenters. The molecule has 1 heterocycles. The Hall–Kier alpha value is -2.08. The lowest BCUT2D eigenvalue weighted by Crippen LogP contribution is -2.26. The highest BCUT2D eigenvalue weighted by molar-refractivity contribution is 6.44. The largest absolute Gasteiger partial charge is 0.492 e. The standard InChI is InChI=1S/C28H34Cl2N2O3/c1-3-32(4-2)15-5-6-16-35-25-11-7-19(17-24(25)30)21(18-20-8-12-26(33)31-20)22-9-10-23(29)27(34)28(22)13-14-28/h7,9-11,17-18,20H,3-6,8,12-16H2,1-2H3,(H,31,33). The molecule has 1 N–H and O–H groups in total. The lowest BCUT2D eigenvalue weighted by atomic mass is 9.79. The summed E-state index contributed by atoms with van der Waals surface area (Å²) < 4.78 is 5.98. The maximum atomic E-state index is 12.9. The van der Waals surface area contributed by atoms with E-state index in [-0.39, 0.29) is 22.8 Å². The van der Waals surface area contributed by atoms with Crippen molar-refractivity contribution in [3.8, 4) is 5.75 Å². The molecule has 2 aliphatic carbocycles. The fraction of sp³-hybridized carbons (Fsp3) is 0.500. The number of nitrogens with one attached hydrogen (secondary N) is 1. The molecule has 35 heavy (non-hydrogen) atoms. The second kappa shape index (κ2) is 11.3. The molecule has 2 fully saturated rings. The summed E-state index contributed by atoms with van der Waals surface area (Å²) in [5, 5.41) is 3.83. The average Bonchev–Trinajstić information content (AvgIpc) is 3.54. The van der Waals surface area contributed by atoms with Gasteiger partial charge < -0.3 is 15.0 Å². The molecule has 1 saturated carbocycles. The van der Waals surface area contributed by atoms with Gasteiger partial charge in [-0.2, -0.15) is 0 Å². The van der Waals surface area contributed by atoms with Crippen LogP contribution in [0.15, 0.2) is 47.0 Å². The van der Waals surface area contributed by atoms with Gasteiger partial charge in [0, 0.05) is 12.5 Å². The number of hydrogen-bond acceptors (Lipinski definition) is 4. The van der Waals surface area contributed by atoms with Crippen molar-refractivity contribution in [1.82, 2.24) is 10.2 Å². The fourth-order valence-electron chi connectivity index (χ4n) is 4.96. The Balaban J connectivity index is 1.53. The number of halogens is 2. The predicted octanol–water partition coefficient (Wildman–Crippen LogP) is 5.91. The van der Waals surface area contributed by atoms with Gasteiger partial charge in [0.05, 0.1) is 22.1 Å². The third-order valence-corrected chi connectivity index (χ3v) is 7.86. The van der Waals surface area contributed by atoms with Gasteiger partial charge in [0.2, 0.25) is 5.91 Å². The van der Waals surface area contributed by atoms with E-state index in [9.17, 15) is 9.59 Å². The van der Waals surface area contributed by atoms with Crippen LogP contribution in [0.4, 0.5) is 0 Å². The highest BCUT2D eigenvalue weighted by atomic mass is 35.5. The zero-order valence-electron chi connectivity index (χ0n) is 20.5. The van der Waals surface area contributed by atoms with Crippen molar-refractivity contribution < 1.29 is 14.3 Å². The van der Waals surface area contributed by atoms with Crippen molar-refractivity contribution in [2.75, 3.05) is 26.2 Å². The predicted molar refractivity (Wildman–Crippen MR) is 142 cm³/mol. The third kappa shape index (κ3) is 5.84. The molecule has 3 aliphatic rings. The molecule has 0 bridgehead atoms. The number of ketones is 1. The van der Waals surface area contributed by atoms with Crippen molar-refractivity contribution in [2.24, 2.45) is 5.41 Å². The van der Waals surface area contributed by atoms with E-state index < -0.39 is 5.41 Å². The van der Waals surface area contributed by atoms with Crippen LogP contribution in [-0.4, -0.2) is 48.9 Å². The van der Waals surface area contributed by atoms with Crippen molar-refractivity contribution in [1.29, 1.82) is 0 Å². The quantitative estimate of drug-likeness (QED) is 0.371. The van der Waals surface area contributed by atoms with E-state index in [1.54, 1.807) is 6.08 Å². The minimum atomic E-state index is -0.563. The van der Waals surface area contributed by atoms with Gasteiger partial charge in [-0.3, -0.25) is 9.59 Å². The Bertz CT molecular complexity index is 1070. The molecule has 1 aromatic carbocycles. The summed E-state index contributed by atoms with van der Waals surface area (Å²) in [7, 11) is 0. The maximum absolute atomic E-state index is 12.9.